The fourth-order valence-electron chi connectivity index (χ4n) is 1.91. The highest BCUT2D eigenvalue weighted by Crippen LogP contribution is 2.26. The lowest BCUT2D eigenvalue weighted by atomic mass is 10.4. The molecule has 1 aliphatic rings. The van der Waals surface area contributed by atoms with Crippen molar-refractivity contribution >= 4 is 28.2 Å². The van der Waals surface area contributed by atoms with E-state index in [1.807, 2.05) is 0 Å². The van der Waals surface area contributed by atoms with Crippen LogP contribution in [-0.2, 0) is 6.54 Å². The SMILES string of the molecule is CCCNCc1csc(N2CCSC(C)C2)n1. The number of rotatable bonds is 5. The minimum Gasteiger partial charge on any atom is -0.346 e. The molecule has 0 aliphatic carbocycles. The van der Waals surface area contributed by atoms with Crippen molar-refractivity contribution in [3.8, 4) is 0 Å². The first-order chi connectivity index (χ1) is 8.29. The highest BCUT2D eigenvalue weighted by molar-refractivity contribution is 8.00. The van der Waals surface area contributed by atoms with Gasteiger partial charge in [-0.25, -0.2) is 4.98 Å². The number of nitrogens with zero attached hydrogens (tertiary/aromatic N) is 2. The Labute approximate surface area is 112 Å². The van der Waals surface area contributed by atoms with Crippen LogP contribution < -0.4 is 10.2 Å². The van der Waals surface area contributed by atoms with Crippen molar-refractivity contribution in [1.82, 2.24) is 10.3 Å². The van der Waals surface area contributed by atoms with E-state index in [0.29, 0.717) is 0 Å². The van der Waals surface area contributed by atoms with E-state index < -0.39 is 0 Å². The van der Waals surface area contributed by atoms with Gasteiger partial charge < -0.3 is 10.2 Å². The van der Waals surface area contributed by atoms with Gasteiger partial charge >= 0.3 is 0 Å². The van der Waals surface area contributed by atoms with Gasteiger partial charge in [-0.05, 0) is 13.0 Å². The van der Waals surface area contributed by atoms with E-state index >= 15 is 0 Å². The summed E-state index contributed by atoms with van der Waals surface area (Å²) in [5.74, 6) is 1.23. The molecule has 1 fully saturated rings. The number of nitrogens with one attached hydrogen (secondary N) is 1. The Morgan fingerprint density at radius 1 is 1.59 bits per heavy atom. The summed E-state index contributed by atoms with van der Waals surface area (Å²) < 4.78 is 0. The lowest BCUT2D eigenvalue weighted by molar-refractivity contribution is 0.665. The largest absolute Gasteiger partial charge is 0.346 e. The second-order valence-electron chi connectivity index (χ2n) is 4.43. The van der Waals surface area contributed by atoms with Crippen molar-refractivity contribution < 1.29 is 0 Å². The average Bonchev–Trinajstić information content (AvgIpc) is 2.78. The zero-order chi connectivity index (χ0) is 12.1. The molecule has 2 heterocycles. The molecule has 17 heavy (non-hydrogen) atoms. The first kappa shape index (κ1) is 13.2. The summed E-state index contributed by atoms with van der Waals surface area (Å²) in [5.41, 5.74) is 1.18. The van der Waals surface area contributed by atoms with Gasteiger partial charge in [0.15, 0.2) is 5.13 Å². The van der Waals surface area contributed by atoms with E-state index in [0.717, 1.165) is 31.4 Å². The van der Waals surface area contributed by atoms with Crippen LogP contribution in [0, 0.1) is 0 Å². The van der Waals surface area contributed by atoms with Crippen LogP contribution in [0.3, 0.4) is 0 Å². The average molecular weight is 271 g/mol. The third-order valence-corrected chi connectivity index (χ3v) is 4.87. The Kier molecular flexibility index (Phi) is 5.13. The molecule has 0 aromatic carbocycles. The standard InChI is InChI=1S/C12H21N3S2/c1-3-4-13-7-11-9-17-12(14-11)15-5-6-16-10(2)8-15/h9-10,13H,3-8H2,1-2H3. The Balaban J connectivity index is 1.88. The zero-order valence-electron chi connectivity index (χ0n) is 10.6. The Morgan fingerprint density at radius 3 is 3.24 bits per heavy atom. The van der Waals surface area contributed by atoms with E-state index in [-0.39, 0.29) is 0 Å². The van der Waals surface area contributed by atoms with E-state index in [1.54, 1.807) is 11.3 Å². The van der Waals surface area contributed by atoms with Crippen LogP contribution in [0.5, 0.6) is 0 Å². The van der Waals surface area contributed by atoms with Gasteiger partial charge in [-0.1, -0.05) is 13.8 Å². The third-order valence-electron chi connectivity index (χ3n) is 2.78. The Hall–Kier alpha value is -0.260. The lowest BCUT2D eigenvalue weighted by Crippen LogP contribution is -2.36. The summed E-state index contributed by atoms with van der Waals surface area (Å²) >= 11 is 3.84. The van der Waals surface area contributed by atoms with Crippen molar-refractivity contribution in [2.24, 2.45) is 0 Å². The molecular weight excluding hydrogens is 250 g/mol. The van der Waals surface area contributed by atoms with Crippen LogP contribution in [0.2, 0.25) is 0 Å². The Bertz CT molecular complexity index is 340. The molecule has 0 amide bonds. The lowest BCUT2D eigenvalue weighted by Gasteiger charge is -2.30. The molecule has 3 nitrogen and oxygen atoms in total. The molecule has 1 aromatic heterocycles. The summed E-state index contributed by atoms with van der Waals surface area (Å²) in [5, 5.41) is 7.51. The van der Waals surface area contributed by atoms with E-state index in [9.17, 15) is 0 Å². The summed E-state index contributed by atoms with van der Waals surface area (Å²) in [6.45, 7) is 8.75. The summed E-state index contributed by atoms with van der Waals surface area (Å²) in [7, 11) is 0. The minimum absolute atomic E-state index is 0.731. The molecule has 1 aromatic rings. The van der Waals surface area contributed by atoms with Crippen molar-refractivity contribution in [3.05, 3.63) is 11.1 Å². The highest BCUT2D eigenvalue weighted by atomic mass is 32.2. The molecular formula is C12H21N3S2. The van der Waals surface area contributed by atoms with Crippen LogP contribution in [0.4, 0.5) is 5.13 Å². The predicted octanol–water partition coefficient (Wildman–Crippen LogP) is 2.58. The normalized spacial score (nSPS) is 20.8. The van der Waals surface area contributed by atoms with E-state index in [4.69, 9.17) is 4.98 Å². The van der Waals surface area contributed by atoms with Crippen molar-refractivity contribution in [2.45, 2.75) is 32.1 Å². The second kappa shape index (κ2) is 6.61. The van der Waals surface area contributed by atoms with Gasteiger partial charge in [0.05, 0.1) is 5.69 Å². The fourth-order valence-corrected chi connectivity index (χ4v) is 3.78. The third kappa shape index (κ3) is 3.86. The van der Waals surface area contributed by atoms with E-state index in [2.05, 4.69) is 41.2 Å². The maximum absolute atomic E-state index is 4.71. The minimum atomic E-state index is 0.731. The summed E-state index contributed by atoms with van der Waals surface area (Å²) in [6, 6.07) is 0. The van der Waals surface area contributed by atoms with Crippen LogP contribution in [0.25, 0.3) is 0 Å². The van der Waals surface area contributed by atoms with Crippen LogP contribution >= 0.6 is 23.1 Å². The van der Waals surface area contributed by atoms with Gasteiger partial charge in [0.25, 0.3) is 0 Å². The van der Waals surface area contributed by atoms with Crippen LogP contribution in [-0.4, -0.2) is 35.6 Å². The van der Waals surface area contributed by atoms with Crippen LogP contribution in [0.15, 0.2) is 5.38 Å². The van der Waals surface area contributed by atoms with Gasteiger partial charge in [-0.3, -0.25) is 0 Å². The number of hydrogen-bond acceptors (Lipinski definition) is 5. The predicted molar refractivity (Wildman–Crippen MR) is 78.2 cm³/mol. The van der Waals surface area contributed by atoms with Crippen molar-refractivity contribution in [1.29, 1.82) is 0 Å². The molecule has 1 unspecified atom stereocenters. The molecule has 0 radical (unpaired) electrons. The molecule has 1 N–H and O–H groups in total. The van der Waals surface area contributed by atoms with Gasteiger partial charge in [0.2, 0.25) is 0 Å². The topological polar surface area (TPSA) is 28.2 Å². The zero-order valence-corrected chi connectivity index (χ0v) is 12.2. The van der Waals surface area contributed by atoms with Gasteiger partial charge in [0.1, 0.15) is 0 Å². The number of anilines is 1. The molecule has 0 saturated carbocycles. The second-order valence-corrected chi connectivity index (χ2v) is 6.81. The Morgan fingerprint density at radius 2 is 2.47 bits per heavy atom. The quantitative estimate of drug-likeness (QED) is 0.833. The fraction of sp³-hybridized carbons (Fsp3) is 0.750. The molecule has 1 aliphatic heterocycles. The maximum Gasteiger partial charge on any atom is 0.185 e. The number of aromatic nitrogens is 1. The number of hydrogen-bond donors (Lipinski definition) is 1. The molecule has 96 valence electrons. The molecule has 1 atom stereocenters. The van der Waals surface area contributed by atoms with Gasteiger partial charge in [-0.2, -0.15) is 11.8 Å². The molecule has 0 bridgehead atoms. The summed E-state index contributed by atoms with van der Waals surface area (Å²) in [4.78, 5) is 7.14. The van der Waals surface area contributed by atoms with E-state index in [1.165, 1.54) is 23.0 Å². The van der Waals surface area contributed by atoms with Crippen LogP contribution in [0.1, 0.15) is 26.0 Å². The summed E-state index contributed by atoms with van der Waals surface area (Å²) in [6.07, 6.45) is 1.18. The van der Waals surface area contributed by atoms with Gasteiger partial charge in [0, 0.05) is 36.0 Å². The number of thiazole rings is 1. The molecule has 1 saturated heterocycles. The molecule has 2 rings (SSSR count). The monoisotopic (exact) mass is 271 g/mol. The maximum atomic E-state index is 4.71. The first-order valence-electron chi connectivity index (χ1n) is 6.31. The highest BCUT2D eigenvalue weighted by Gasteiger charge is 2.19. The molecule has 0 spiro atoms. The van der Waals surface area contributed by atoms with Crippen molar-refractivity contribution in [3.63, 3.8) is 0 Å². The first-order valence-corrected chi connectivity index (χ1v) is 8.24. The van der Waals surface area contributed by atoms with Gasteiger partial charge in [-0.15, -0.1) is 11.3 Å². The number of thioether (sulfide) groups is 1. The van der Waals surface area contributed by atoms with Crippen molar-refractivity contribution in [2.75, 3.05) is 30.3 Å². The smallest absolute Gasteiger partial charge is 0.185 e. The molecule has 5 heteroatoms.